The minimum Gasteiger partial charge on any atom is -0.392 e. The first-order chi connectivity index (χ1) is 5.93. The molecule has 0 saturated carbocycles. The molecular formula is C10H19NO. The molecule has 0 radical (unpaired) electrons. The molecule has 0 bridgehead atoms. The van der Waals surface area contributed by atoms with E-state index in [-0.39, 0.29) is 6.61 Å². The molecule has 0 amide bonds. The molecule has 0 aromatic rings. The van der Waals surface area contributed by atoms with Gasteiger partial charge in [-0.05, 0) is 25.9 Å². The predicted molar refractivity (Wildman–Crippen MR) is 51.1 cm³/mol. The molecule has 0 aromatic carbocycles. The van der Waals surface area contributed by atoms with Crippen LogP contribution >= 0.6 is 0 Å². The zero-order valence-electron chi connectivity index (χ0n) is 7.71. The Balaban J connectivity index is 2.16. The number of aliphatic hydroxyl groups is 1. The smallest absolute Gasteiger partial charge is 0.0612 e. The van der Waals surface area contributed by atoms with Crippen molar-refractivity contribution in [2.75, 3.05) is 26.2 Å². The second kappa shape index (κ2) is 6.21. The molecule has 1 aliphatic heterocycles. The first kappa shape index (κ1) is 9.75. The molecule has 1 heterocycles. The molecule has 0 aromatic heterocycles. The molecule has 1 aliphatic rings. The van der Waals surface area contributed by atoms with Crippen molar-refractivity contribution in [2.45, 2.75) is 25.7 Å². The van der Waals surface area contributed by atoms with Crippen molar-refractivity contribution in [3.8, 4) is 0 Å². The summed E-state index contributed by atoms with van der Waals surface area (Å²) >= 11 is 0. The SMILES string of the molecule is OC/C=C/CN1CCCCCC1. The van der Waals surface area contributed by atoms with Crippen molar-refractivity contribution < 1.29 is 5.11 Å². The van der Waals surface area contributed by atoms with Gasteiger partial charge in [-0.15, -0.1) is 0 Å². The Morgan fingerprint density at radius 1 is 1.00 bits per heavy atom. The summed E-state index contributed by atoms with van der Waals surface area (Å²) in [7, 11) is 0. The zero-order valence-corrected chi connectivity index (χ0v) is 7.71. The minimum absolute atomic E-state index is 0.174. The molecule has 0 spiro atoms. The summed E-state index contributed by atoms with van der Waals surface area (Å²) in [5.74, 6) is 0. The van der Waals surface area contributed by atoms with Crippen molar-refractivity contribution in [3.05, 3.63) is 12.2 Å². The Hall–Kier alpha value is -0.340. The molecule has 1 rings (SSSR count). The van der Waals surface area contributed by atoms with Gasteiger partial charge in [-0.3, -0.25) is 4.90 Å². The Bertz CT molecular complexity index is 126. The summed E-state index contributed by atoms with van der Waals surface area (Å²) < 4.78 is 0. The van der Waals surface area contributed by atoms with Crippen molar-refractivity contribution in [2.24, 2.45) is 0 Å². The van der Waals surface area contributed by atoms with Crippen LogP contribution in [0.5, 0.6) is 0 Å². The van der Waals surface area contributed by atoms with Crippen LogP contribution in [0.25, 0.3) is 0 Å². The molecule has 0 aliphatic carbocycles. The van der Waals surface area contributed by atoms with Gasteiger partial charge in [-0.25, -0.2) is 0 Å². The van der Waals surface area contributed by atoms with E-state index in [1.165, 1.54) is 38.8 Å². The number of hydrogen-bond donors (Lipinski definition) is 1. The van der Waals surface area contributed by atoms with Gasteiger partial charge in [0.1, 0.15) is 0 Å². The highest BCUT2D eigenvalue weighted by Gasteiger charge is 2.05. The molecule has 1 N–H and O–H groups in total. The highest BCUT2D eigenvalue weighted by Crippen LogP contribution is 2.08. The maximum atomic E-state index is 8.55. The van der Waals surface area contributed by atoms with E-state index in [9.17, 15) is 0 Å². The van der Waals surface area contributed by atoms with Crippen molar-refractivity contribution in [1.29, 1.82) is 0 Å². The van der Waals surface area contributed by atoms with E-state index in [1.807, 2.05) is 6.08 Å². The maximum absolute atomic E-state index is 8.55. The molecule has 1 fully saturated rings. The van der Waals surface area contributed by atoms with E-state index in [2.05, 4.69) is 11.0 Å². The van der Waals surface area contributed by atoms with Crippen LogP contribution < -0.4 is 0 Å². The minimum atomic E-state index is 0.174. The highest BCUT2D eigenvalue weighted by molar-refractivity contribution is 4.84. The monoisotopic (exact) mass is 169 g/mol. The van der Waals surface area contributed by atoms with Gasteiger partial charge in [-0.1, -0.05) is 25.0 Å². The van der Waals surface area contributed by atoms with Crippen LogP contribution in [0, 0.1) is 0 Å². The topological polar surface area (TPSA) is 23.5 Å². The van der Waals surface area contributed by atoms with Crippen molar-refractivity contribution >= 4 is 0 Å². The van der Waals surface area contributed by atoms with Crippen molar-refractivity contribution in [3.63, 3.8) is 0 Å². The zero-order chi connectivity index (χ0) is 8.65. The van der Waals surface area contributed by atoms with Gasteiger partial charge < -0.3 is 5.11 Å². The summed E-state index contributed by atoms with van der Waals surface area (Å²) in [4.78, 5) is 2.46. The molecule has 1 saturated heterocycles. The number of hydrogen-bond acceptors (Lipinski definition) is 2. The number of likely N-dealkylation sites (tertiary alicyclic amines) is 1. The van der Waals surface area contributed by atoms with Crippen LogP contribution in [0.3, 0.4) is 0 Å². The largest absolute Gasteiger partial charge is 0.392 e. The third kappa shape index (κ3) is 3.88. The average Bonchev–Trinajstić information content (AvgIpc) is 2.33. The number of nitrogens with zero attached hydrogens (tertiary/aromatic N) is 1. The standard InChI is InChI=1S/C10H19NO/c12-10-6-5-9-11-7-3-1-2-4-8-11/h5-6,12H,1-4,7-10H2/b6-5+. The highest BCUT2D eigenvalue weighted by atomic mass is 16.2. The van der Waals surface area contributed by atoms with Crippen LogP contribution in [0.2, 0.25) is 0 Å². The lowest BCUT2D eigenvalue weighted by Gasteiger charge is -2.16. The van der Waals surface area contributed by atoms with E-state index in [1.54, 1.807) is 0 Å². The molecule has 2 nitrogen and oxygen atoms in total. The van der Waals surface area contributed by atoms with E-state index < -0.39 is 0 Å². The summed E-state index contributed by atoms with van der Waals surface area (Å²) in [5, 5.41) is 8.55. The number of rotatable bonds is 3. The second-order valence-electron chi connectivity index (χ2n) is 3.37. The Kier molecular flexibility index (Phi) is 5.04. The Morgan fingerprint density at radius 2 is 1.67 bits per heavy atom. The first-order valence-corrected chi connectivity index (χ1v) is 4.91. The lowest BCUT2D eigenvalue weighted by Crippen LogP contribution is -2.24. The van der Waals surface area contributed by atoms with Crippen LogP contribution in [-0.2, 0) is 0 Å². The number of aliphatic hydroxyl groups excluding tert-OH is 1. The average molecular weight is 169 g/mol. The van der Waals surface area contributed by atoms with E-state index in [4.69, 9.17) is 5.11 Å². The van der Waals surface area contributed by atoms with Crippen molar-refractivity contribution in [1.82, 2.24) is 4.90 Å². The van der Waals surface area contributed by atoms with E-state index in [0.717, 1.165) is 6.54 Å². The maximum Gasteiger partial charge on any atom is 0.0612 e. The van der Waals surface area contributed by atoms with Crippen LogP contribution in [0.4, 0.5) is 0 Å². The van der Waals surface area contributed by atoms with Gasteiger partial charge in [0.25, 0.3) is 0 Å². The molecule has 0 atom stereocenters. The summed E-state index contributed by atoms with van der Waals surface area (Å²) in [6, 6.07) is 0. The van der Waals surface area contributed by atoms with Gasteiger partial charge in [0.15, 0.2) is 0 Å². The molecule has 70 valence electrons. The molecular weight excluding hydrogens is 150 g/mol. The van der Waals surface area contributed by atoms with E-state index in [0.29, 0.717) is 0 Å². The van der Waals surface area contributed by atoms with Gasteiger partial charge in [0.05, 0.1) is 6.61 Å². The Morgan fingerprint density at radius 3 is 2.25 bits per heavy atom. The van der Waals surface area contributed by atoms with Crippen LogP contribution in [0.15, 0.2) is 12.2 Å². The van der Waals surface area contributed by atoms with Crippen LogP contribution in [0.1, 0.15) is 25.7 Å². The third-order valence-corrected chi connectivity index (χ3v) is 2.33. The summed E-state index contributed by atoms with van der Waals surface area (Å²) in [6.45, 7) is 3.65. The second-order valence-corrected chi connectivity index (χ2v) is 3.37. The van der Waals surface area contributed by atoms with Gasteiger partial charge in [-0.2, -0.15) is 0 Å². The Labute approximate surface area is 74.9 Å². The first-order valence-electron chi connectivity index (χ1n) is 4.91. The fourth-order valence-corrected chi connectivity index (χ4v) is 1.62. The van der Waals surface area contributed by atoms with Gasteiger partial charge in [0.2, 0.25) is 0 Å². The van der Waals surface area contributed by atoms with E-state index >= 15 is 0 Å². The quantitative estimate of drug-likeness (QED) is 0.646. The molecule has 2 heteroatoms. The normalized spacial score (nSPS) is 21.4. The lowest BCUT2D eigenvalue weighted by molar-refractivity contribution is 0.312. The van der Waals surface area contributed by atoms with Crippen LogP contribution in [-0.4, -0.2) is 36.2 Å². The molecule has 12 heavy (non-hydrogen) atoms. The lowest BCUT2D eigenvalue weighted by atomic mass is 10.2. The summed E-state index contributed by atoms with van der Waals surface area (Å²) in [5.41, 5.74) is 0. The summed E-state index contributed by atoms with van der Waals surface area (Å²) in [6.07, 6.45) is 9.34. The predicted octanol–water partition coefficient (Wildman–Crippen LogP) is 1.41. The fourth-order valence-electron chi connectivity index (χ4n) is 1.62. The molecule has 0 unspecified atom stereocenters. The fraction of sp³-hybridized carbons (Fsp3) is 0.800. The third-order valence-electron chi connectivity index (χ3n) is 2.33. The van der Waals surface area contributed by atoms with Gasteiger partial charge >= 0.3 is 0 Å². The van der Waals surface area contributed by atoms with Gasteiger partial charge in [0, 0.05) is 6.54 Å².